The van der Waals surface area contributed by atoms with Crippen LogP contribution in [0.2, 0.25) is 0 Å². The van der Waals surface area contributed by atoms with E-state index in [1.54, 1.807) is 34.6 Å². The van der Waals surface area contributed by atoms with Gasteiger partial charge in [0.05, 0.1) is 37.7 Å². The van der Waals surface area contributed by atoms with E-state index in [1.807, 2.05) is 0 Å². The van der Waals surface area contributed by atoms with Crippen LogP contribution in [0.15, 0.2) is 0 Å². The normalized spacial score (nSPS) is 41.3. The second-order valence-electron chi connectivity index (χ2n) is 14.1. The van der Waals surface area contributed by atoms with Crippen molar-refractivity contribution in [2.75, 3.05) is 33.0 Å². The molecule has 0 spiro atoms. The summed E-state index contributed by atoms with van der Waals surface area (Å²) in [6.07, 6.45) is -21.9. The molecular weight excluding hydrogens is 695 g/mol. The monoisotopic (exact) mass is 752 g/mol. The minimum absolute atomic E-state index is 0.0645. The summed E-state index contributed by atoms with van der Waals surface area (Å²) in [6.45, 7) is 7.40. The molecule has 3 saturated heterocycles. The number of aliphatic hydroxyl groups excluding tert-OH is 9. The third kappa shape index (κ3) is 12.0. The molecule has 296 valence electrons. The molecule has 16 unspecified atom stereocenters. The van der Waals surface area contributed by atoms with Gasteiger partial charge in [-0.05, 0) is 40.0 Å². The van der Waals surface area contributed by atoms with E-state index in [9.17, 15) is 55.4 Å². The lowest BCUT2D eigenvalue weighted by Gasteiger charge is -2.44. The Balaban J connectivity index is 1.51. The van der Waals surface area contributed by atoms with Gasteiger partial charge in [0.25, 0.3) is 0 Å². The smallest absolute Gasteiger partial charge is 0.330 e. The minimum atomic E-state index is -3.66. The van der Waals surface area contributed by atoms with Gasteiger partial charge in [-0.1, -0.05) is 13.8 Å². The van der Waals surface area contributed by atoms with Crippen LogP contribution in [0.25, 0.3) is 0 Å². The lowest BCUT2D eigenvalue weighted by atomic mass is 9.98. The molecule has 0 amide bonds. The Kier molecular flexibility index (Phi) is 16.9. The topological polar surface area (TPSA) is 293 Å². The second kappa shape index (κ2) is 19.2. The van der Waals surface area contributed by atoms with E-state index < -0.39 is 124 Å². The van der Waals surface area contributed by atoms with Crippen LogP contribution in [0.3, 0.4) is 0 Å². The Bertz CT molecular complexity index is 1050. The van der Waals surface area contributed by atoms with Crippen molar-refractivity contribution in [3.05, 3.63) is 0 Å². The van der Waals surface area contributed by atoms with Gasteiger partial charge < -0.3 is 88.5 Å². The SMILES string of the molecule is CC(C)P(=O)(O)OCCCCCOC1OC(COC2OC(COC3OC(COC(C)(C)C)C(O)C(O)C3O)C(O)C(O)C2O)C(O)C(O)C1O. The summed E-state index contributed by atoms with van der Waals surface area (Å²) >= 11 is 0. The van der Waals surface area contributed by atoms with Crippen molar-refractivity contribution in [3.8, 4) is 0 Å². The summed E-state index contributed by atoms with van der Waals surface area (Å²) in [4.78, 5) is 9.71. The molecule has 0 aromatic carbocycles. The summed E-state index contributed by atoms with van der Waals surface area (Å²) in [5.41, 5.74) is -1.12. The average molecular weight is 753 g/mol. The zero-order chi connectivity index (χ0) is 37.6. The third-order valence-corrected chi connectivity index (χ3v) is 10.4. The number of hydrogen-bond acceptors (Lipinski definition) is 18. The third-order valence-electron chi connectivity index (χ3n) is 8.54. The van der Waals surface area contributed by atoms with E-state index in [2.05, 4.69) is 0 Å². The summed E-state index contributed by atoms with van der Waals surface area (Å²) < 4.78 is 56.0. The van der Waals surface area contributed by atoms with Crippen LogP contribution < -0.4 is 0 Å². The first-order valence-corrected chi connectivity index (χ1v) is 18.4. The van der Waals surface area contributed by atoms with Crippen molar-refractivity contribution in [1.29, 1.82) is 0 Å². The Morgan fingerprint density at radius 3 is 1.34 bits per heavy atom. The van der Waals surface area contributed by atoms with Crippen LogP contribution in [0.1, 0.15) is 53.9 Å². The molecule has 20 heteroatoms. The summed E-state index contributed by atoms with van der Waals surface area (Å²) in [5.74, 6) is 0. The van der Waals surface area contributed by atoms with Gasteiger partial charge in [0, 0.05) is 6.61 Å². The van der Waals surface area contributed by atoms with Gasteiger partial charge in [0.1, 0.15) is 73.2 Å². The van der Waals surface area contributed by atoms with Crippen molar-refractivity contribution in [1.82, 2.24) is 0 Å². The Morgan fingerprint density at radius 1 is 0.560 bits per heavy atom. The van der Waals surface area contributed by atoms with E-state index in [0.29, 0.717) is 19.3 Å². The molecule has 0 aromatic heterocycles. The average Bonchev–Trinajstić information content (AvgIpc) is 3.05. The molecule has 0 radical (unpaired) electrons. The molecule has 10 N–H and O–H groups in total. The number of unbranched alkanes of at least 4 members (excludes halogenated alkanes) is 2. The van der Waals surface area contributed by atoms with E-state index in [4.69, 9.17) is 37.7 Å². The van der Waals surface area contributed by atoms with E-state index in [-0.39, 0.29) is 19.8 Å². The quantitative estimate of drug-likeness (QED) is 0.0525. The van der Waals surface area contributed by atoms with Crippen LogP contribution in [0.4, 0.5) is 0 Å². The Labute approximate surface area is 291 Å². The predicted octanol–water partition coefficient (Wildman–Crippen LogP) is -2.95. The number of aliphatic hydroxyl groups is 9. The highest BCUT2D eigenvalue weighted by Crippen LogP contribution is 2.47. The highest BCUT2D eigenvalue weighted by Gasteiger charge is 2.49. The molecule has 0 saturated carbocycles. The number of hydrogen-bond donors (Lipinski definition) is 10. The molecule has 3 heterocycles. The Hall–Kier alpha value is -0.490. The van der Waals surface area contributed by atoms with E-state index in [1.165, 1.54) is 0 Å². The summed E-state index contributed by atoms with van der Waals surface area (Å²) in [7, 11) is -3.66. The molecule has 0 bridgehead atoms. The zero-order valence-electron chi connectivity index (χ0n) is 29.0. The molecule has 16 atom stereocenters. The molecular formula is C30H57O19P. The standard InChI is InChI=1S/C30H57O19P/c1-14(2)50(40,41)46-10-8-6-7-9-42-27-24(37)21(34)18(31)15(47-27)11-43-28-25(38)22(35)19(32)16(48-28)12-44-29-26(39)23(36)20(33)17(49-29)13-45-30(3,4)5/h14-29,31-39H,6-13H2,1-5H3,(H,40,41). The van der Waals surface area contributed by atoms with E-state index in [0.717, 1.165) is 0 Å². The second-order valence-corrected chi connectivity index (χ2v) is 16.5. The zero-order valence-corrected chi connectivity index (χ0v) is 29.9. The van der Waals surface area contributed by atoms with Crippen molar-refractivity contribution in [2.24, 2.45) is 0 Å². The van der Waals surface area contributed by atoms with Crippen molar-refractivity contribution in [2.45, 2.75) is 157 Å². The van der Waals surface area contributed by atoms with Gasteiger partial charge in [0.2, 0.25) is 0 Å². The first-order valence-electron chi connectivity index (χ1n) is 16.8. The number of ether oxygens (including phenoxy) is 7. The van der Waals surface area contributed by atoms with Gasteiger partial charge in [-0.2, -0.15) is 0 Å². The van der Waals surface area contributed by atoms with E-state index >= 15 is 0 Å². The van der Waals surface area contributed by atoms with Gasteiger partial charge in [-0.3, -0.25) is 4.57 Å². The fourth-order valence-electron chi connectivity index (χ4n) is 5.21. The molecule has 3 aliphatic rings. The molecule has 3 fully saturated rings. The highest BCUT2D eigenvalue weighted by molar-refractivity contribution is 7.53. The molecule has 0 aliphatic carbocycles. The first kappa shape index (κ1) is 43.9. The molecule has 19 nitrogen and oxygen atoms in total. The Morgan fingerprint density at radius 2 is 0.940 bits per heavy atom. The maximum Gasteiger partial charge on any atom is 0.330 e. The van der Waals surface area contributed by atoms with Crippen molar-refractivity contribution < 1.29 is 93.1 Å². The van der Waals surface area contributed by atoms with Gasteiger partial charge in [-0.25, -0.2) is 0 Å². The lowest BCUT2D eigenvalue weighted by molar-refractivity contribution is -0.343. The minimum Gasteiger partial charge on any atom is -0.387 e. The van der Waals surface area contributed by atoms with Crippen LogP contribution in [0, 0.1) is 0 Å². The molecule has 50 heavy (non-hydrogen) atoms. The van der Waals surface area contributed by atoms with Gasteiger partial charge in [-0.15, -0.1) is 0 Å². The van der Waals surface area contributed by atoms with Gasteiger partial charge in [0.15, 0.2) is 18.9 Å². The largest absolute Gasteiger partial charge is 0.387 e. The lowest BCUT2D eigenvalue weighted by Crippen LogP contribution is -2.62. The van der Waals surface area contributed by atoms with Crippen molar-refractivity contribution in [3.63, 3.8) is 0 Å². The maximum absolute atomic E-state index is 11.9. The van der Waals surface area contributed by atoms with Crippen LogP contribution in [0.5, 0.6) is 0 Å². The molecule has 3 rings (SSSR count). The predicted molar refractivity (Wildman–Crippen MR) is 168 cm³/mol. The molecule has 0 aromatic rings. The first-order chi connectivity index (χ1) is 23.2. The van der Waals surface area contributed by atoms with Crippen molar-refractivity contribution >= 4 is 7.60 Å². The molecule has 3 aliphatic heterocycles. The van der Waals surface area contributed by atoms with Crippen LogP contribution in [-0.4, -0.2) is 187 Å². The highest BCUT2D eigenvalue weighted by atomic mass is 31.2. The fraction of sp³-hybridized carbons (Fsp3) is 1.00. The summed E-state index contributed by atoms with van der Waals surface area (Å²) in [5, 5.41) is 94.0. The van der Waals surface area contributed by atoms with Gasteiger partial charge >= 0.3 is 7.60 Å². The summed E-state index contributed by atoms with van der Waals surface area (Å²) in [6, 6.07) is 0. The fourth-order valence-corrected chi connectivity index (χ4v) is 5.90. The van der Waals surface area contributed by atoms with Crippen LogP contribution in [-0.2, 0) is 42.2 Å². The number of rotatable bonds is 17. The maximum atomic E-state index is 11.9. The van der Waals surface area contributed by atoms with Crippen LogP contribution >= 0.6 is 7.60 Å².